The lowest BCUT2D eigenvalue weighted by Crippen LogP contribution is -2.40. The van der Waals surface area contributed by atoms with Gasteiger partial charge in [0, 0.05) is 23.4 Å². The molecule has 0 radical (unpaired) electrons. The lowest BCUT2D eigenvalue weighted by atomic mass is 10.1. The topological polar surface area (TPSA) is 46.1 Å². The molecule has 0 saturated carbocycles. The minimum atomic E-state index is -0.0804. The first-order valence-corrected chi connectivity index (χ1v) is 10.1. The third-order valence-corrected chi connectivity index (χ3v) is 7.06. The first kappa shape index (κ1) is 15.4. The van der Waals surface area contributed by atoms with E-state index >= 15 is 0 Å². The molecule has 0 bridgehead atoms. The highest BCUT2D eigenvalue weighted by atomic mass is 32.2. The van der Waals surface area contributed by atoms with Gasteiger partial charge in [0.05, 0.1) is 5.25 Å². The number of hydrogen-bond acceptors (Lipinski definition) is 5. The van der Waals surface area contributed by atoms with Gasteiger partial charge >= 0.3 is 0 Å². The molecule has 1 atom stereocenters. The van der Waals surface area contributed by atoms with Crippen molar-refractivity contribution in [3.8, 4) is 0 Å². The normalized spacial score (nSPS) is 19.1. The van der Waals surface area contributed by atoms with Gasteiger partial charge in [0.25, 0.3) is 0 Å². The van der Waals surface area contributed by atoms with Crippen LogP contribution in [0.15, 0.2) is 11.4 Å². The number of likely N-dealkylation sites (tertiary alicyclic amines) is 1. The van der Waals surface area contributed by atoms with Crippen molar-refractivity contribution in [2.45, 2.75) is 55.7 Å². The van der Waals surface area contributed by atoms with Crippen molar-refractivity contribution < 1.29 is 4.79 Å². The zero-order valence-electron chi connectivity index (χ0n) is 13.4. The van der Waals surface area contributed by atoms with Gasteiger partial charge in [-0.3, -0.25) is 4.79 Å². The van der Waals surface area contributed by atoms with Crippen LogP contribution < -0.4 is 0 Å². The predicted molar refractivity (Wildman–Crippen MR) is 95.2 cm³/mol. The Morgan fingerprint density at radius 1 is 1.22 bits per heavy atom. The number of aromatic nitrogens is 2. The van der Waals surface area contributed by atoms with Crippen LogP contribution in [0, 0.1) is 0 Å². The maximum absolute atomic E-state index is 12.7. The monoisotopic (exact) mass is 347 g/mol. The largest absolute Gasteiger partial charge is 0.342 e. The molecule has 23 heavy (non-hydrogen) atoms. The van der Waals surface area contributed by atoms with Crippen molar-refractivity contribution in [3.63, 3.8) is 0 Å². The van der Waals surface area contributed by atoms with Gasteiger partial charge in [0.15, 0.2) is 0 Å². The Morgan fingerprint density at radius 2 is 2.04 bits per heavy atom. The number of aryl methyl sites for hydroxylation is 2. The van der Waals surface area contributed by atoms with Crippen LogP contribution in [0.1, 0.15) is 43.0 Å². The van der Waals surface area contributed by atoms with Crippen LogP contribution in [0.3, 0.4) is 0 Å². The van der Waals surface area contributed by atoms with Crippen molar-refractivity contribution in [3.05, 3.63) is 16.8 Å². The standard InChI is InChI=1S/C17H21N3OS2/c1-11(17(21)20-8-3-2-4-9-20)22-15-14-12-6-5-7-13(12)23-16(14)19-10-18-15/h10-11H,2-9H2,1H3/t11-/m0/s1. The minimum absolute atomic E-state index is 0.0804. The van der Waals surface area contributed by atoms with Gasteiger partial charge in [-0.05, 0) is 51.0 Å². The fourth-order valence-corrected chi connectivity index (χ4v) is 5.90. The fraction of sp³-hybridized carbons (Fsp3) is 0.588. The second-order valence-electron chi connectivity index (χ2n) is 6.36. The molecule has 2 aromatic heterocycles. The summed E-state index contributed by atoms with van der Waals surface area (Å²) in [4.78, 5) is 26.2. The number of piperidine rings is 1. The number of thioether (sulfide) groups is 1. The first-order chi connectivity index (χ1) is 11.2. The predicted octanol–water partition coefficient (Wildman–Crippen LogP) is 3.67. The van der Waals surface area contributed by atoms with E-state index in [0.29, 0.717) is 0 Å². The molecule has 2 aromatic rings. The molecule has 1 saturated heterocycles. The Bertz CT molecular complexity index is 737. The molecule has 1 aliphatic carbocycles. The molecule has 4 rings (SSSR count). The number of hydrogen-bond donors (Lipinski definition) is 0. The van der Waals surface area contributed by atoms with E-state index in [0.717, 1.165) is 42.2 Å². The molecule has 1 fully saturated rings. The highest BCUT2D eigenvalue weighted by Crippen LogP contribution is 2.41. The highest BCUT2D eigenvalue weighted by Gasteiger charge is 2.26. The molecule has 4 nitrogen and oxygen atoms in total. The molecule has 0 spiro atoms. The van der Waals surface area contributed by atoms with E-state index in [4.69, 9.17) is 0 Å². The van der Waals surface area contributed by atoms with Gasteiger partial charge in [-0.15, -0.1) is 11.3 Å². The molecule has 1 amide bonds. The van der Waals surface area contributed by atoms with E-state index in [2.05, 4.69) is 9.97 Å². The summed E-state index contributed by atoms with van der Waals surface area (Å²) < 4.78 is 0. The Hall–Kier alpha value is -1.14. The Kier molecular flexibility index (Phi) is 4.28. The lowest BCUT2D eigenvalue weighted by molar-refractivity contribution is -0.131. The first-order valence-electron chi connectivity index (χ1n) is 8.45. The van der Waals surface area contributed by atoms with Gasteiger partial charge in [0.1, 0.15) is 16.2 Å². The van der Waals surface area contributed by atoms with Gasteiger partial charge in [0.2, 0.25) is 5.91 Å². The van der Waals surface area contributed by atoms with E-state index in [-0.39, 0.29) is 11.2 Å². The summed E-state index contributed by atoms with van der Waals surface area (Å²) in [5.41, 5.74) is 1.44. The summed E-state index contributed by atoms with van der Waals surface area (Å²) in [5, 5.41) is 2.13. The zero-order valence-corrected chi connectivity index (χ0v) is 15.0. The third-order valence-electron chi connectivity index (χ3n) is 4.77. The number of carbonyl (C=O) groups is 1. The van der Waals surface area contributed by atoms with E-state index < -0.39 is 0 Å². The SMILES string of the molecule is C[C@H](Sc1ncnc2sc3c(c12)CCC3)C(=O)N1CCCCC1. The number of nitrogens with zero attached hydrogens (tertiary/aromatic N) is 3. The molecular formula is C17H21N3OS2. The smallest absolute Gasteiger partial charge is 0.235 e. The van der Waals surface area contributed by atoms with E-state index in [9.17, 15) is 4.79 Å². The van der Waals surface area contributed by atoms with Gasteiger partial charge in [-0.2, -0.15) is 0 Å². The Labute approximate surface area is 144 Å². The molecule has 0 N–H and O–H groups in total. The maximum atomic E-state index is 12.7. The molecule has 0 unspecified atom stereocenters. The van der Waals surface area contributed by atoms with Gasteiger partial charge < -0.3 is 4.90 Å². The quantitative estimate of drug-likeness (QED) is 0.628. The zero-order chi connectivity index (χ0) is 15.8. The highest BCUT2D eigenvalue weighted by molar-refractivity contribution is 8.00. The Morgan fingerprint density at radius 3 is 2.87 bits per heavy atom. The van der Waals surface area contributed by atoms with E-state index in [1.54, 1.807) is 29.4 Å². The average molecular weight is 348 g/mol. The van der Waals surface area contributed by atoms with Crippen molar-refractivity contribution in [1.29, 1.82) is 0 Å². The van der Waals surface area contributed by atoms with Crippen molar-refractivity contribution in [2.24, 2.45) is 0 Å². The summed E-state index contributed by atoms with van der Waals surface area (Å²) in [6, 6.07) is 0. The molecule has 0 aromatic carbocycles. The fourth-order valence-electron chi connectivity index (χ4n) is 3.58. The Balaban J connectivity index is 1.58. The lowest BCUT2D eigenvalue weighted by Gasteiger charge is -2.28. The van der Waals surface area contributed by atoms with Crippen LogP contribution in [0.25, 0.3) is 10.2 Å². The summed E-state index contributed by atoms with van der Waals surface area (Å²) in [7, 11) is 0. The second kappa shape index (κ2) is 6.40. The summed E-state index contributed by atoms with van der Waals surface area (Å²) in [6.45, 7) is 3.84. The number of fused-ring (bicyclic) bond motifs is 3. The molecule has 2 aliphatic rings. The van der Waals surface area contributed by atoms with E-state index in [1.807, 2.05) is 11.8 Å². The number of amides is 1. The molecule has 122 valence electrons. The number of rotatable bonds is 3. The minimum Gasteiger partial charge on any atom is -0.342 e. The summed E-state index contributed by atoms with van der Waals surface area (Å²) in [6.07, 6.45) is 8.71. The molecular weight excluding hydrogens is 326 g/mol. The van der Waals surface area contributed by atoms with Crippen LogP contribution in [0.2, 0.25) is 0 Å². The van der Waals surface area contributed by atoms with Gasteiger partial charge in [-0.25, -0.2) is 9.97 Å². The number of carbonyl (C=O) groups excluding carboxylic acids is 1. The van der Waals surface area contributed by atoms with Crippen LogP contribution >= 0.6 is 23.1 Å². The average Bonchev–Trinajstić information content (AvgIpc) is 3.16. The summed E-state index contributed by atoms with van der Waals surface area (Å²) in [5.74, 6) is 0.258. The molecule has 1 aliphatic heterocycles. The van der Waals surface area contributed by atoms with Crippen molar-refractivity contribution in [1.82, 2.24) is 14.9 Å². The number of thiophene rings is 1. The second-order valence-corrected chi connectivity index (χ2v) is 8.78. The summed E-state index contributed by atoms with van der Waals surface area (Å²) >= 11 is 3.41. The molecule has 3 heterocycles. The van der Waals surface area contributed by atoms with Crippen LogP contribution in [0.4, 0.5) is 0 Å². The molecule has 6 heteroatoms. The van der Waals surface area contributed by atoms with Crippen LogP contribution in [-0.2, 0) is 17.6 Å². The van der Waals surface area contributed by atoms with Gasteiger partial charge in [-0.1, -0.05) is 11.8 Å². The maximum Gasteiger partial charge on any atom is 0.235 e. The van der Waals surface area contributed by atoms with Crippen LogP contribution in [-0.4, -0.2) is 39.1 Å². The van der Waals surface area contributed by atoms with Crippen molar-refractivity contribution >= 4 is 39.2 Å². The third kappa shape index (κ3) is 2.87. The van der Waals surface area contributed by atoms with Crippen molar-refractivity contribution in [2.75, 3.05) is 13.1 Å². The van der Waals surface area contributed by atoms with E-state index in [1.165, 1.54) is 35.1 Å². The van der Waals surface area contributed by atoms with Crippen LogP contribution in [0.5, 0.6) is 0 Å².